The summed E-state index contributed by atoms with van der Waals surface area (Å²) < 4.78 is 5.13. The lowest BCUT2D eigenvalue weighted by molar-refractivity contribution is -0.124. The zero-order valence-corrected chi connectivity index (χ0v) is 11.6. The highest BCUT2D eigenvalue weighted by Crippen LogP contribution is 2.32. The van der Waals surface area contributed by atoms with Crippen LogP contribution >= 0.6 is 0 Å². The molecule has 0 saturated carbocycles. The van der Waals surface area contributed by atoms with Crippen molar-refractivity contribution in [1.29, 1.82) is 0 Å². The number of benzene rings is 2. The van der Waals surface area contributed by atoms with Crippen LogP contribution in [0.1, 0.15) is 5.56 Å². The summed E-state index contributed by atoms with van der Waals surface area (Å²) in [5.74, 6) is 0.360. The Labute approximate surface area is 122 Å². The van der Waals surface area contributed by atoms with Crippen molar-refractivity contribution in [2.75, 3.05) is 17.3 Å². The third-order valence-electron chi connectivity index (χ3n) is 3.51. The second kappa shape index (κ2) is 5.46. The van der Waals surface area contributed by atoms with Gasteiger partial charge in [0.05, 0.1) is 18.5 Å². The number of amides is 1. The van der Waals surface area contributed by atoms with Crippen LogP contribution in [0.5, 0.6) is 5.75 Å². The van der Waals surface area contributed by atoms with Gasteiger partial charge >= 0.3 is 0 Å². The van der Waals surface area contributed by atoms with Gasteiger partial charge in [-0.2, -0.15) is 0 Å². The number of carbonyl (C=O) groups excluding carboxylic acids is 1. The minimum absolute atomic E-state index is 0.415. The minimum atomic E-state index is -1.19. The lowest BCUT2D eigenvalue weighted by Gasteiger charge is -2.35. The van der Waals surface area contributed by atoms with Crippen LogP contribution in [0.25, 0.3) is 0 Å². The monoisotopic (exact) mass is 284 g/mol. The highest BCUT2D eigenvalue weighted by atomic mass is 16.5. The molecule has 0 aromatic heterocycles. The third kappa shape index (κ3) is 2.55. The number of rotatable bonds is 3. The number of methoxy groups -OCH3 is 1. The van der Waals surface area contributed by atoms with Crippen molar-refractivity contribution in [3.05, 3.63) is 54.1 Å². The van der Waals surface area contributed by atoms with E-state index in [2.05, 4.69) is 5.32 Å². The number of carbonyl (C=O) groups is 1. The molecule has 21 heavy (non-hydrogen) atoms. The fourth-order valence-corrected chi connectivity index (χ4v) is 2.40. The number of hydrogen-bond donors (Lipinski definition) is 2. The molecule has 1 amide bonds. The van der Waals surface area contributed by atoms with Crippen LogP contribution in [-0.2, 0) is 11.3 Å². The zero-order chi connectivity index (χ0) is 14.8. The average molecular weight is 284 g/mol. The first-order valence-corrected chi connectivity index (χ1v) is 6.66. The Bertz CT molecular complexity index is 655. The van der Waals surface area contributed by atoms with Crippen molar-refractivity contribution in [3.63, 3.8) is 0 Å². The van der Waals surface area contributed by atoms with Crippen LogP contribution in [0.3, 0.4) is 0 Å². The van der Waals surface area contributed by atoms with Gasteiger partial charge in [-0.1, -0.05) is 24.3 Å². The number of ether oxygens (including phenoxy) is 1. The number of nitrogens with one attached hydrogen (secondary N) is 1. The van der Waals surface area contributed by atoms with Crippen molar-refractivity contribution >= 4 is 17.3 Å². The maximum atomic E-state index is 11.8. The molecule has 3 rings (SSSR count). The van der Waals surface area contributed by atoms with E-state index in [9.17, 15) is 9.90 Å². The molecule has 5 heteroatoms. The van der Waals surface area contributed by atoms with Gasteiger partial charge in [0, 0.05) is 6.54 Å². The van der Waals surface area contributed by atoms with E-state index >= 15 is 0 Å². The van der Waals surface area contributed by atoms with E-state index in [4.69, 9.17) is 4.74 Å². The smallest absolute Gasteiger partial charge is 0.274 e. The minimum Gasteiger partial charge on any atom is -0.497 e. The van der Waals surface area contributed by atoms with Crippen molar-refractivity contribution in [2.24, 2.45) is 0 Å². The molecule has 2 N–H and O–H groups in total. The molecule has 1 atom stereocenters. The second-order valence-electron chi connectivity index (χ2n) is 4.86. The van der Waals surface area contributed by atoms with Crippen LogP contribution in [0, 0.1) is 0 Å². The predicted molar refractivity (Wildman–Crippen MR) is 80.3 cm³/mol. The molecule has 0 aliphatic carbocycles. The summed E-state index contributed by atoms with van der Waals surface area (Å²) in [6, 6.07) is 15.0. The number of nitrogens with zero attached hydrogens (tertiary/aromatic N) is 1. The zero-order valence-electron chi connectivity index (χ0n) is 11.6. The first kappa shape index (κ1) is 13.5. The molecule has 0 radical (unpaired) electrons. The topological polar surface area (TPSA) is 61.8 Å². The van der Waals surface area contributed by atoms with Crippen LogP contribution in [-0.4, -0.2) is 24.4 Å². The molecular formula is C16H16N2O3. The van der Waals surface area contributed by atoms with Crippen molar-refractivity contribution < 1.29 is 14.6 Å². The molecule has 2 aromatic rings. The van der Waals surface area contributed by atoms with E-state index in [1.807, 2.05) is 48.5 Å². The summed E-state index contributed by atoms with van der Waals surface area (Å²) in [7, 11) is 1.62. The molecule has 2 aromatic carbocycles. The van der Waals surface area contributed by atoms with E-state index in [1.165, 1.54) is 0 Å². The Balaban J connectivity index is 1.90. The van der Waals surface area contributed by atoms with Crippen LogP contribution in [0.15, 0.2) is 48.5 Å². The van der Waals surface area contributed by atoms with E-state index in [-0.39, 0.29) is 0 Å². The predicted octanol–water partition coefficient (Wildman–Crippen LogP) is 1.97. The fraction of sp³-hybridized carbons (Fsp3) is 0.188. The van der Waals surface area contributed by atoms with Crippen molar-refractivity contribution in [2.45, 2.75) is 12.8 Å². The highest BCUT2D eigenvalue weighted by molar-refractivity contribution is 6.02. The second-order valence-corrected chi connectivity index (χ2v) is 4.86. The summed E-state index contributed by atoms with van der Waals surface area (Å²) in [6.45, 7) is 0.440. The first-order valence-electron chi connectivity index (χ1n) is 6.66. The molecule has 0 bridgehead atoms. The van der Waals surface area contributed by atoms with Gasteiger partial charge in [0.15, 0.2) is 0 Å². The molecule has 1 heterocycles. The molecule has 1 aliphatic heterocycles. The average Bonchev–Trinajstić information content (AvgIpc) is 2.52. The summed E-state index contributed by atoms with van der Waals surface area (Å²) in [5.41, 5.74) is 2.50. The molecular weight excluding hydrogens is 268 g/mol. The molecule has 1 unspecified atom stereocenters. The maximum absolute atomic E-state index is 11.8. The SMILES string of the molecule is COc1ccc(CN2c3ccccc3NC(=O)C2O)cc1. The van der Waals surface area contributed by atoms with Gasteiger partial charge in [-0.3, -0.25) is 4.79 Å². The number of fused-ring (bicyclic) bond motifs is 1. The van der Waals surface area contributed by atoms with Crippen LogP contribution in [0.2, 0.25) is 0 Å². The lowest BCUT2D eigenvalue weighted by atomic mass is 10.1. The number of aliphatic hydroxyl groups is 1. The molecule has 0 saturated heterocycles. The Morgan fingerprint density at radius 3 is 2.62 bits per heavy atom. The number of aliphatic hydroxyl groups excluding tert-OH is 1. The van der Waals surface area contributed by atoms with E-state index in [1.54, 1.807) is 12.0 Å². The van der Waals surface area contributed by atoms with Gasteiger partial charge in [0.1, 0.15) is 5.75 Å². The normalized spacial score (nSPS) is 17.1. The van der Waals surface area contributed by atoms with Gasteiger partial charge in [-0.15, -0.1) is 0 Å². The summed E-state index contributed by atoms with van der Waals surface area (Å²) in [6.07, 6.45) is -1.19. The standard InChI is InChI=1S/C16H16N2O3/c1-21-12-8-6-11(7-9-12)10-18-14-5-3-2-4-13(14)17-15(19)16(18)20/h2-9,16,20H,10H2,1H3,(H,17,19). The summed E-state index contributed by atoms with van der Waals surface area (Å²) >= 11 is 0. The Kier molecular flexibility index (Phi) is 3.50. The first-order chi connectivity index (χ1) is 10.2. The third-order valence-corrected chi connectivity index (χ3v) is 3.51. The highest BCUT2D eigenvalue weighted by Gasteiger charge is 2.30. The van der Waals surface area contributed by atoms with Crippen LogP contribution < -0.4 is 15.0 Å². The Morgan fingerprint density at radius 1 is 1.19 bits per heavy atom. The Morgan fingerprint density at radius 2 is 1.90 bits per heavy atom. The van der Waals surface area contributed by atoms with E-state index in [0.29, 0.717) is 12.2 Å². The Hall–Kier alpha value is -2.53. The fourth-order valence-electron chi connectivity index (χ4n) is 2.40. The number of para-hydroxylation sites is 2. The van der Waals surface area contributed by atoms with Gasteiger partial charge in [-0.05, 0) is 29.8 Å². The summed E-state index contributed by atoms with van der Waals surface area (Å²) in [4.78, 5) is 13.5. The maximum Gasteiger partial charge on any atom is 0.274 e. The van der Waals surface area contributed by atoms with Gasteiger partial charge in [0.25, 0.3) is 5.91 Å². The lowest BCUT2D eigenvalue weighted by Crippen LogP contribution is -2.47. The van der Waals surface area contributed by atoms with Crippen molar-refractivity contribution in [1.82, 2.24) is 0 Å². The molecule has 1 aliphatic rings. The van der Waals surface area contributed by atoms with E-state index < -0.39 is 12.1 Å². The number of anilines is 2. The molecule has 0 fully saturated rings. The molecule has 108 valence electrons. The van der Waals surface area contributed by atoms with Crippen molar-refractivity contribution in [3.8, 4) is 5.75 Å². The van der Waals surface area contributed by atoms with Gasteiger partial charge in [0.2, 0.25) is 6.23 Å². The molecule has 5 nitrogen and oxygen atoms in total. The van der Waals surface area contributed by atoms with Crippen LogP contribution in [0.4, 0.5) is 11.4 Å². The summed E-state index contributed by atoms with van der Waals surface area (Å²) in [5, 5.41) is 12.8. The van der Waals surface area contributed by atoms with Gasteiger partial charge < -0.3 is 20.1 Å². The van der Waals surface area contributed by atoms with Gasteiger partial charge in [-0.25, -0.2) is 0 Å². The quantitative estimate of drug-likeness (QED) is 0.904. The molecule has 0 spiro atoms. The largest absolute Gasteiger partial charge is 0.497 e. The number of hydrogen-bond acceptors (Lipinski definition) is 4. The van der Waals surface area contributed by atoms with E-state index in [0.717, 1.165) is 17.0 Å².